The molecule has 1 amide bonds. The fourth-order valence-corrected chi connectivity index (χ4v) is 3.30. The molecule has 0 radical (unpaired) electrons. The van der Waals surface area contributed by atoms with Gasteiger partial charge < -0.3 is 14.8 Å². The molecule has 2 aliphatic heterocycles. The van der Waals surface area contributed by atoms with Crippen molar-refractivity contribution in [2.24, 2.45) is 5.92 Å². The van der Waals surface area contributed by atoms with Crippen molar-refractivity contribution in [3.05, 3.63) is 23.8 Å². The molecule has 1 aromatic carbocycles. The van der Waals surface area contributed by atoms with Crippen LogP contribution in [0.5, 0.6) is 11.5 Å². The summed E-state index contributed by atoms with van der Waals surface area (Å²) in [6, 6.07) is 6.35. The summed E-state index contributed by atoms with van der Waals surface area (Å²) >= 11 is 0. The van der Waals surface area contributed by atoms with Gasteiger partial charge in [0.2, 0.25) is 0 Å². The number of para-hydroxylation sites is 1. The molecule has 1 aromatic rings. The van der Waals surface area contributed by atoms with Gasteiger partial charge in [0.15, 0.2) is 11.5 Å². The Morgan fingerprint density at radius 2 is 1.96 bits per heavy atom. The van der Waals surface area contributed by atoms with Gasteiger partial charge in [0.25, 0.3) is 5.91 Å². The van der Waals surface area contributed by atoms with Crippen LogP contribution >= 0.6 is 0 Å². The number of hydrogen-bond acceptors (Lipinski definition) is 5. The highest BCUT2D eigenvalue weighted by Crippen LogP contribution is 2.33. The summed E-state index contributed by atoms with van der Waals surface area (Å²) in [6.45, 7) is 6.05. The molecule has 0 spiro atoms. The lowest BCUT2D eigenvalue weighted by Gasteiger charge is -2.21. The quantitative estimate of drug-likeness (QED) is 0.717. The summed E-state index contributed by atoms with van der Waals surface area (Å²) in [5, 5.41) is 2.99. The zero-order chi connectivity index (χ0) is 16.2. The molecule has 6 nitrogen and oxygen atoms in total. The fourth-order valence-electron chi connectivity index (χ4n) is 3.30. The minimum Gasteiger partial charge on any atom is -0.486 e. The molecule has 1 saturated heterocycles. The van der Waals surface area contributed by atoms with Gasteiger partial charge in [-0.05, 0) is 44.7 Å². The smallest absolute Gasteiger partial charge is 0.255 e. The third-order valence-corrected chi connectivity index (χ3v) is 4.63. The molecule has 0 aliphatic carbocycles. The molecular formula is C17H25N3O3. The number of fused-ring (bicyclic) bond motifs is 1. The first-order chi connectivity index (χ1) is 11.2. The highest BCUT2D eigenvalue weighted by molar-refractivity contribution is 5.97. The minimum absolute atomic E-state index is 0.101. The predicted octanol–water partition coefficient (Wildman–Crippen LogP) is 1.47. The standard InChI is InChI=1S/C17H25N3O3/c1-11-13(12(2)20-19-11)6-4-8-18-17(21)14-5-3-7-15-16(14)23-10-9-22-15/h3,5,7,11-13,19-20H,4,6,8-10H2,1-2H3,(H,18,21). The van der Waals surface area contributed by atoms with E-state index in [9.17, 15) is 4.79 Å². The first-order valence-corrected chi connectivity index (χ1v) is 8.34. The molecule has 2 heterocycles. The Hall–Kier alpha value is -1.79. The number of hydrogen-bond donors (Lipinski definition) is 3. The van der Waals surface area contributed by atoms with Gasteiger partial charge in [-0.1, -0.05) is 6.07 Å². The van der Waals surface area contributed by atoms with Gasteiger partial charge in [0.05, 0.1) is 5.56 Å². The van der Waals surface area contributed by atoms with E-state index >= 15 is 0 Å². The van der Waals surface area contributed by atoms with Gasteiger partial charge in [0, 0.05) is 18.6 Å². The van der Waals surface area contributed by atoms with Crippen LogP contribution in [-0.2, 0) is 0 Å². The van der Waals surface area contributed by atoms with Crippen LogP contribution in [0, 0.1) is 5.92 Å². The maximum atomic E-state index is 12.4. The van der Waals surface area contributed by atoms with Crippen LogP contribution in [0.4, 0.5) is 0 Å². The lowest BCUT2D eigenvalue weighted by Crippen LogP contribution is -2.30. The highest BCUT2D eigenvalue weighted by atomic mass is 16.6. The molecule has 2 unspecified atom stereocenters. The Morgan fingerprint density at radius 1 is 1.22 bits per heavy atom. The number of ether oxygens (including phenoxy) is 2. The van der Waals surface area contributed by atoms with Gasteiger partial charge in [-0.25, -0.2) is 0 Å². The predicted molar refractivity (Wildman–Crippen MR) is 87.7 cm³/mol. The van der Waals surface area contributed by atoms with Gasteiger partial charge in [-0.2, -0.15) is 0 Å². The van der Waals surface area contributed by atoms with Crippen LogP contribution in [0.3, 0.4) is 0 Å². The zero-order valence-electron chi connectivity index (χ0n) is 13.7. The second kappa shape index (κ2) is 7.19. The van der Waals surface area contributed by atoms with E-state index in [1.54, 1.807) is 6.07 Å². The molecule has 0 bridgehead atoms. The zero-order valence-corrected chi connectivity index (χ0v) is 13.7. The molecule has 23 heavy (non-hydrogen) atoms. The Bertz CT molecular complexity index is 554. The van der Waals surface area contributed by atoms with Crippen molar-refractivity contribution in [2.75, 3.05) is 19.8 Å². The first kappa shape index (κ1) is 16.1. The van der Waals surface area contributed by atoms with E-state index in [-0.39, 0.29) is 5.91 Å². The summed E-state index contributed by atoms with van der Waals surface area (Å²) in [7, 11) is 0. The number of rotatable bonds is 5. The Balaban J connectivity index is 1.50. The highest BCUT2D eigenvalue weighted by Gasteiger charge is 2.29. The number of hydrazine groups is 1. The summed E-state index contributed by atoms with van der Waals surface area (Å²) < 4.78 is 11.1. The molecule has 3 rings (SSSR count). The second-order valence-corrected chi connectivity index (χ2v) is 6.26. The molecule has 0 aromatic heterocycles. The molecule has 2 aliphatic rings. The summed E-state index contributed by atoms with van der Waals surface area (Å²) in [4.78, 5) is 12.4. The van der Waals surface area contributed by atoms with Crippen LogP contribution in [0.1, 0.15) is 37.0 Å². The number of nitrogens with one attached hydrogen (secondary N) is 3. The van der Waals surface area contributed by atoms with Crippen molar-refractivity contribution >= 4 is 5.91 Å². The monoisotopic (exact) mass is 319 g/mol. The van der Waals surface area contributed by atoms with Gasteiger partial charge in [-0.15, -0.1) is 0 Å². The third-order valence-electron chi connectivity index (χ3n) is 4.63. The van der Waals surface area contributed by atoms with E-state index in [2.05, 4.69) is 30.0 Å². The Kier molecular flexibility index (Phi) is 5.03. The Morgan fingerprint density at radius 3 is 2.74 bits per heavy atom. The average molecular weight is 319 g/mol. The maximum Gasteiger partial charge on any atom is 0.255 e. The minimum atomic E-state index is -0.101. The van der Waals surface area contributed by atoms with E-state index in [0.29, 0.717) is 54.8 Å². The lowest BCUT2D eigenvalue weighted by molar-refractivity contribution is 0.0941. The number of benzene rings is 1. The summed E-state index contributed by atoms with van der Waals surface area (Å²) in [5.74, 6) is 1.70. The molecule has 126 valence electrons. The normalized spacial score (nSPS) is 26.1. The largest absolute Gasteiger partial charge is 0.486 e. The average Bonchev–Trinajstić information content (AvgIpc) is 2.89. The Labute approximate surface area is 136 Å². The number of carbonyl (C=O) groups is 1. The van der Waals surface area contributed by atoms with E-state index in [4.69, 9.17) is 9.47 Å². The van der Waals surface area contributed by atoms with Crippen molar-refractivity contribution < 1.29 is 14.3 Å². The first-order valence-electron chi connectivity index (χ1n) is 8.34. The van der Waals surface area contributed by atoms with E-state index in [1.807, 2.05) is 12.1 Å². The van der Waals surface area contributed by atoms with Crippen LogP contribution in [0.15, 0.2) is 18.2 Å². The van der Waals surface area contributed by atoms with Crippen molar-refractivity contribution in [1.29, 1.82) is 0 Å². The van der Waals surface area contributed by atoms with E-state index in [1.165, 1.54) is 0 Å². The van der Waals surface area contributed by atoms with Crippen LogP contribution in [-0.4, -0.2) is 37.7 Å². The maximum absolute atomic E-state index is 12.4. The van der Waals surface area contributed by atoms with Gasteiger partial charge in [0.1, 0.15) is 13.2 Å². The lowest BCUT2D eigenvalue weighted by atomic mass is 9.92. The molecule has 1 fully saturated rings. The van der Waals surface area contributed by atoms with Gasteiger partial charge in [-0.3, -0.25) is 15.6 Å². The third kappa shape index (κ3) is 3.59. The fraction of sp³-hybridized carbons (Fsp3) is 0.588. The van der Waals surface area contributed by atoms with Crippen LogP contribution in [0.2, 0.25) is 0 Å². The number of amides is 1. The molecule has 6 heteroatoms. The van der Waals surface area contributed by atoms with Crippen molar-refractivity contribution in [1.82, 2.24) is 16.2 Å². The van der Waals surface area contributed by atoms with Gasteiger partial charge >= 0.3 is 0 Å². The van der Waals surface area contributed by atoms with Crippen molar-refractivity contribution in [3.63, 3.8) is 0 Å². The van der Waals surface area contributed by atoms with Crippen molar-refractivity contribution in [3.8, 4) is 11.5 Å². The number of carbonyl (C=O) groups excluding carboxylic acids is 1. The van der Waals surface area contributed by atoms with Crippen LogP contribution < -0.4 is 25.6 Å². The molecule has 2 atom stereocenters. The SMILES string of the molecule is CC1NNC(C)C1CCCNC(=O)c1cccc2c1OCCO2. The van der Waals surface area contributed by atoms with Crippen molar-refractivity contribution in [2.45, 2.75) is 38.8 Å². The van der Waals surface area contributed by atoms with Crippen LogP contribution in [0.25, 0.3) is 0 Å². The topological polar surface area (TPSA) is 71.6 Å². The summed E-state index contributed by atoms with van der Waals surface area (Å²) in [5.41, 5.74) is 7.07. The molecular weight excluding hydrogens is 294 g/mol. The second-order valence-electron chi connectivity index (χ2n) is 6.26. The molecule has 0 saturated carbocycles. The molecule has 3 N–H and O–H groups in total. The summed E-state index contributed by atoms with van der Waals surface area (Å²) in [6.07, 6.45) is 2.04. The van der Waals surface area contributed by atoms with E-state index in [0.717, 1.165) is 12.8 Å². The van der Waals surface area contributed by atoms with E-state index < -0.39 is 0 Å².